The van der Waals surface area contributed by atoms with E-state index >= 15 is 52.7 Å². The van der Waals surface area contributed by atoms with E-state index in [2.05, 4.69) is 0 Å². The van der Waals surface area contributed by atoms with E-state index in [4.69, 9.17) is 0 Å². The molecular weight excluding hydrogens is 843 g/mol. The maximum absolute atomic E-state index is 16.5. The average Bonchev–Trinajstić information content (AvgIpc) is 3.56. The molecule has 0 fully saturated rings. The van der Waals surface area contributed by atoms with Gasteiger partial charge in [0.15, 0.2) is 81.4 Å². The second kappa shape index (κ2) is 15.6. The molecule has 0 aliphatic carbocycles. The third-order valence-corrected chi connectivity index (χ3v) is 13.0. The SMILES string of the molecule is Cc1cc(C)c(-p2c(-c3ccccc3)c(B(c3c(F)c(F)c(F)c(F)c3F)c3c(F)c(F)c(F)c(F)c3F)c(-c3c(F)c(F)c(F)c(F)c3F)c2-c2ccccc2)c(C)c1. The number of aryl methyl sites for hydroxylation is 3. The molecule has 1 atom stereocenters. The molecule has 60 heavy (non-hydrogen) atoms. The Morgan fingerprint density at radius 3 is 1.03 bits per heavy atom. The molecule has 1 unspecified atom stereocenters. The van der Waals surface area contributed by atoms with Gasteiger partial charge in [0.25, 0.3) is 6.71 Å². The summed E-state index contributed by atoms with van der Waals surface area (Å²) in [5.41, 5.74) is -8.12. The van der Waals surface area contributed by atoms with Crippen LogP contribution in [0.2, 0.25) is 0 Å². The summed E-state index contributed by atoms with van der Waals surface area (Å²) >= 11 is 0. The summed E-state index contributed by atoms with van der Waals surface area (Å²) in [6, 6.07) is 16.3. The quantitative estimate of drug-likeness (QED) is 0.0648. The molecule has 0 saturated carbocycles. The van der Waals surface area contributed by atoms with Crippen LogP contribution in [0.1, 0.15) is 16.7 Å². The zero-order valence-corrected chi connectivity index (χ0v) is 31.5. The topological polar surface area (TPSA) is 0 Å². The van der Waals surface area contributed by atoms with Gasteiger partial charge in [-0.15, -0.1) is 0 Å². The van der Waals surface area contributed by atoms with Crippen LogP contribution in [0.3, 0.4) is 0 Å². The number of halogens is 15. The standard InChI is InChI=1S/C43H21BF15P/c1-16-14-17(2)41(18(3)15-16)60-42(19-10-6-4-7-11-19)21(22-26(45)32(51)38(57)33(52)27(22)46)23(43(60)20-12-8-5-9-13-20)44(24-28(47)34(53)39(58)35(54)29(24)48)25-30(49)36(55)40(59)37(56)31(25)50/h4-15H,1-3H3. The summed E-state index contributed by atoms with van der Waals surface area (Å²) in [6.07, 6.45) is 0. The summed E-state index contributed by atoms with van der Waals surface area (Å²) in [6.45, 7) is 1.24. The van der Waals surface area contributed by atoms with Crippen LogP contribution < -0.4 is 16.4 Å². The van der Waals surface area contributed by atoms with E-state index in [0.717, 1.165) is 0 Å². The fourth-order valence-corrected chi connectivity index (χ4v) is 10.9. The van der Waals surface area contributed by atoms with Crippen LogP contribution >= 0.6 is 7.53 Å². The normalized spacial score (nSPS) is 11.8. The molecule has 7 aromatic rings. The molecular formula is C43H21BF15P. The summed E-state index contributed by atoms with van der Waals surface area (Å²) in [4.78, 5) is 0. The van der Waals surface area contributed by atoms with Gasteiger partial charge in [0.2, 0.25) is 5.82 Å². The molecule has 6 aromatic carbocycles. The van der Waals surface area contributed by atoms with Gasteiger partial charge in [-0.05, 0) is 54.1 Å². The highest BCUT2D eigenvalue weighted by atomic mass is 31.1. The van der Waals surface area contributed by atoms with Gasteiger partial charge in [-0.1, -0.05) is 85.9 Å². The third-order valence-electron chi connectivity index (χ3n) is 9.98. The Kier molecular flexibility index (Phi) is 11.0. The monoisotopic (exact) mass is 864 g/mol. The lowest BCUT2D eigenvalue weighted by Crippen LogP contribution is -2.59. The van der Waals surface area contributed by atoms with Crippen LogP contribution in [-0.4, -0.2) is 6.71 Å². The maximum atomic E-state index is 16.5. The molecule has 0 aliphatic heterocycles. The van der Waals surface area contributed by atoms with Gasteiger partial charge in [0.1, 0.15) is 0 Å². The van der Waals surface area contributed by atoms with Crippen molar-refractivity contribution in [1.82, 2.24) is 0 Å². The second-order valence-corrected chi connectivity index (χ2v) is 15.7. The number of hydrogen-bond donors (Lipinski definition) is 0. The van der Waals surface area contributed by atoms with E-state index in [-0.39, 0.29) is 16.4 Å². The molecule has 0 radical (unpaired) electrons. The predicted molar refractivity (Wildman–Crippen MR) is 198 cm³/mol. The fourth-order valence-electron chi connectivity index (χ4n) is 7.63. The van der Waals surface area contributed by atoms with Gasteiger partial charge in [-0.2, -0.15) is 0 Å². The van der Waals surface area contributed by atoms with Gasteiger partial charge in [-0.25, -0.2) is 65.9 Å². The lowest BCUT2D eigenvalue weighted by molar-refractivity contribution is 0.381. The molecule has 7 rings (SSSR count). The van der Waals surface area contributed by atoms with Crippen molar-refractivity contribution in [3.05, 3.63) is 177 Å². The van der Waals surface area contributed by atoms with Crippen molar-refractivity contribution in [2.45, 2.75) is 20.8 Å². The Balaban J connectivity index is 1.95. The molecule has 0 nitrogen and oxygen atoms in total. The molecule has 0 spiro atoms. The first kappa shape index (κ1) is 42.2. The largest absolute Gasteiger partial charge is 0.259 e. The van der Waals surface area contributed by atoms with E-state index in [0.29, 0.717) is 16.7 Å². The Bertz CT molecular complexity index is 2730. The highest BCUT2D eigenvalue weighted by molar-refractivity contribution is 7.64. The van der Waals surface area contributed by atoms with Gasteiger partial charge < -0.3 is 0 Å². The average molecular weight is 864 g/mol. The first-order valence-electron chi connectivity index (χ1n) is 17.3. The van der Waals surface area contributed by atoms with Crippen LogP contribution in [0.15, 0.2) is 72.8 Å². The van der Waals surface area contributed by atoms with Crippen molar-refractivity contribution in [2.75, 3.05) is 0 Å². The molecule has 306 valence electrons. The zero-order chi connectivity index (χ0) is 43.8. The lowest BCUT2D eigenvalue weighted by atomic mass is 9.35. The molecule has 0 amide bonds. The maximum Gasteiger partial charge on any atom is 0.259 e. The van der Waals surface area contributed by atoms with E-state index in [9.17, 15) is 13.2 Å². The minimum Gasteiger partial charge on any atom is -0.204 e. The Hall–Kier alpha value is -5.89. The summed E-state index contributed by atoms with van der Waals surface area (Å²) < 4.78 is 235. The summed E-state index contributed by atoms with van der Waals surface area (Å²) in [5.74, 6) is -41.5. The van der Waals surface area contributed by atoms with Crippen molar-refractivity contribution in [1.29, 1.82) is 0 Å². The number of hydrogen-bond acceptors (Lipinski definition) is 0. The van der Waals surface area contributed by atoms with Crippen molar-refractivity contribution in [3.8, 4) is 38.1 Å². The third kappa shape index (κ3) is 6.38. The Labute approximate surface area is 331 Å². The smallest absolute Gasteiger partial charge is 0.204 e. The first-order chi connectivity index (χ1) is 28.3. The van der Waals surface area contributed by atoms with Crippen molar-refractivity contribution in [3.63, 3.8) is 0 Å². The van der Waals surface area contributed by atoms with Crippen molar-refractivity contribution in [2.24, 2.45) is 0 Å². The van der Waals surface area contributed by atoms with Crippen LogP contribution in [0.25, 0.3) is 38.1 Å². The minimum atomic E-state index is -3.49. The molecule has 1 aromatic heterocycles. The Morgan fingerprint density at radius 1 is 0.350 bits per heavy atom. The molecule has 1 heterocycles. The first-order valence-corrected chi connectivity index (χ1v) is 18.7. The van der Waals surface area contributed by atoms with Crippen LogP contribution in [-0.2, 0) is 0 Å². The van der Waals surface area contributed by atoms with Crippen LogP contribution in [0.4, 0.5) is 65.9 Å². The fraction of sp³-hybridized carbons (Fsp3) is 0.0698. The lowest BCUT2D eigenvalue weighted by Gasteiger charge is -2.23. The number of benzene rings is 6. The van der Waals surface area contributed by atoms with Crippen molar-refractivity contribution < 1.29 is 65.9 Å². The van der Waals surface area contributed by atoms with E-state index < -0.39 is 140 Å². The van der Waals surface area contributed by atoms with Gasteiger partial charge >= 0.3 is 0 Å². The highest BCUT2D eigenvalue weighted by Crippen LogP contribution is 2.62. The predicted octanol–water partition coefficient (Wildman–Crippen LogP) is 12.2. The Morgan fingerprint density at radius 2 is 0.667 bits per heavy atom. The zero-order valence-electron chi connectivity index (χ0n) is 30.6. The van der Waals surface area contributed by atoms with Gasteiger partial charge in [0, 0.05) is 26.8 Å². The molecule has 0 aliphatic rings. The molecule has 0 saturated heterocycles. The van der Waals surface area contributed by atoms with Gasteiger partial charge in [-0.3, -0.25) is 0 Å². The summed E-state index contributed by atoms with van der Waals surface area (Å²) in [7, 11) is -2.75. The highest BCUT2D eigenvalue weighted by Gasteiger charge is 2.46. The van der Waals surface area contributed by atoms with Crippen LogP contribution in [0, 0.1) is 108 Å². The van der Waals surface area contributed by atoms with E-state index in [1.54, 1.807) is 19.1 Å². The van der Waals surface area contributed by atoms with E-state index in [1.807, 2.05) is 0 Å². The molecule has 0 N–H and O–H groups in total. The number of rotatable bonds is 7. The van der Waals surface area contributed by atoms with E-state index in [1.165, 1.54) is 74.5 Å². The second-order valence-electron chi connectivity index (χ2n) is 13.6. The minimum absolute atomic E-state index is 0.140. The summed E-state index contributed by atoms with van der Waals surface area (Å²) in [5, 5.41) is -0.787. The molecule has 0 bridgehead atoms. The van der Waals surface area contributed by atoms with Gasteiger partial charge in [0.05, 0.1) is 5.56 Å². The molecule has 17 heteroatoms. The van der Waals surface area contributed by atoms with Crippen LogP contribution in [0.5, 0.6) is 0 Å². The van der Waals surface area contributed by atoms with Crippen molar-refractivity contribution >= 4 is 30.6 Å².